The molecule has 0 radical (unpaired) electrons. The predicted octanol–water partition coefficient (Wildman–Crippen LogP) is 3.00. The molecule has 0 saturated carbocycles. The summed E-state index contributed by atoms with van der Waals surface area (Å²) in [5, 5.41) is 3.36. The number of benzene rings is 1. The molecule has 112 valence electrons. The lowest BCUT2D eigenvalue weighted by Gasteiger charge is -2.13. The fourth-order valence-corrected chi connectivity index (χ4v) is 2.28. The van der Waals surface area contributed by atoms with Crippen molar-refractivity contribution >= 4 is 11.7 Å². The van der Waals surface area contributed by atoms with Crippen LogP contribution in [0.15, 0.2) is 30.7 Å². The van der Waals surface area contributed by atoms with Gasteiger partial charge in [0.2, 0.25) is 0 Å². The van der Waals surface area contributed by atoms with Gasteiger partial charge in [0, 0.05) is 18.4 Å². The molecule has 2 aromatic rings. The van der Waals surface area contributed by atoms with Gasteiger partial charge in [-0.05, 0) is 31.0 Å². The second-order valence-corrected chi connectivity index (χ2v) is 4.90. The van der Waals surface area contributed by atoms with Gasteiger partial charge < -0.3 is 14.6 Å². The average Bonchev–Trinajstić information content (AvgIpc) is 2.93. The summed E-state index contributed by atoms with van der Waals surface area (Å²) in [6.07, 6.45) is 4.78. The smallest absolute Gasteiger partial charge is 0.338 e. The van der Waals surface area contributed by atoms with Crippen molar-refractivity contribution in [2.24, 2.45) is 0 Å². The molecule has 0 saturated heterocycles. The number of anilines is 1. The average molecular weight is 287 g/mol. The van der Waals surface area contributed by atoms with Crippen molar-refractivity contribution in [3.05, 3.63) is 47.5 Å². The molecule has 0 aliphatic heterocycles. The number of imidazole rings is 1. The maximum Gasteiger partial charge on any atom is 0.338 e. The summed E-state index contributed by atoms with van der Waals surface area (Å²) in [6, 6.07) is 5.58. The van der Waals surface area contributed by atoms with Crippen LogP contribution in [0.1, 0.15) is 35.0 Å². The Morgan fingerprint density at radius 3 is 2.95 bits per heavy atom. The van der Waals surface area contributed by atoms with Crippen LogP contribution in [0.3, 0.4) is 0 Å². The van der Waals surface area contributed by atoms with E-state index in [1.807, 2.05) is 31.6 Å². The number of aryl methyl sites for hydroxylation is 1. The Morgan fingerprint density at radius 2 is 2.24 bits per heavy atom. The van der Waals surface area contributed by atoms with Crippen molar-refractivity contribution < 1.29 is 9.53 Å². The highest BCUT2D eigenvalue weighted by molar-refractivity contribution is 5.92. The minimum Gasteiger partial charge on any atom is -0.465 e. The highest BCUT2D eigenvalue weighted by Crippen LogP contribution is 2.20. The third-order valence-electron chi connectivity index (χ3n) is 3.46. The van der Waals surface area contributed by atoms with Crippen LogP contribution in [-0.4, -0.2) is 22.6 Å². The highest BCUT2D eigenvalue weighted by atomic mass is 16.5. The van der Waals surface area contributed by atoms with Crippen molar-refractivity contribution in [2.75, 3.05) is 12.4 Å². The SMILES string of the molecule is CCCn1cncc1CNc1cccc(C(=O)OC)c1C. The molecule has 21 heavy (non-hydrogen) atoms. The van der Waals surface area contributed by atoms with Gasteiger partial charge in [-0.1, -0.05) is 13.0 Å². The van der Waals surface area contributed by atoms with Gasteiger partial charge in [-0.15, -0.1) is 0 Å². The summed E-state index contributed by atoms with van der Waals surface area (Å²) < 4.78 is 6.92. The molecule has 0 amide bonds. The second kappa shape index (κ2) is 6.92. The first-order valence-electron chi connectivity index (χ1n) is 7.08. The van der Waals surface area contributed by atoms with E-state index in [1.165, 1.54) is 7.11 Å². The normalized spacial score (nSPS) is 10.4. The Balaban J connectivity index is 2.13. The summed E-state index contributed by atoms with van der Waals surface area (Å²) in [7, 11) is 1.39. The van der Waals surface area contributed by atoms with Crippen molar-refractivity contribution in [3.63, 3.8) is 0 Å². The molecule has 0 unspecified atom stereocenters. The fourth-order valence-electron chi connectivity index (χ4n) is 2.28. The van der Waals surface area contributed by atoms with E-state index < -0.39 is 0 Å². The number of ether oxygens (including phenoxy) is 1. The van der Waals surface area contributed by atoms with Crippen LogP contribution in [-0.2, 0) is 17.8 Å². The number of carbonyl (C=O) groups is 1. The van der Waals surface area contributed by atoms with Gasteiger partial charge in [-0.25, -0.2) is 9.78 Å². The number of hydrogen-bond acceptors (Lipinski definition) is 4. The van der Waals surface area contributed by atoms with Gasteiger partial charge in [0.25, 0.3) is 0 Å². The van der Waals surface area contributed by atoms with Crippen molar-refractivity contribution in [1.82, 2.24) is 9.55 Å². The molecular weight excluding hydrogens is 266 g/mol. The lowest BCUT2D eigenvalue weighted by Crippen LogP contribution is -2.10. The van der Waals surface area contributed by atoms with E-state index >= 15 is 0 Å². The molecule has 0 bridgehead atoms. The number of rotatable bonds is 6. The Bertz CT molecular complexity index is 620. The summed E-state index contributed by atoms with van der Waals surface area (Å²) in [5.74, 6) is -0.313. The third kappa shape index (κ3) is 3.42. The van der Waals surface area contributed by atoms with Crippen LogP contribution >= 0.6 is 0 Å². The number of carbonyl (C=O) groups excluding carboxylic acids is 1. The zero-order chi connectivity index (χ0) is 15.2. The Hall–Kier alpha value is -2.30. The standard InChI is InChI=1S/C16H21N3O2/c1-4-8-19-11-17-9-13(19)10-18-15-7-5-6-14(12(15)2)16(20)21-3/h5-7,9,11,18H,4,8,10H2,1-3H3. The van der Waals surface area contributed by atoms with Gasteiger partial charge >= 0.3 is 5.97 Å². The van der Waals surface area contributed by atoms with Gasteiger partial charge in [0.1, 0.15) is 0 Å². The Kier molecular flexibility index (Phi) is 4.98. The van der Waals surface area contributed by atoms with E-state index in [0.717, 1.165) is 29.9 Å². The first-order chi connectivity index (χ1) is 10.2. The van der Waals surface area contributed by atoms with Crippen LogP contribution in [0, 0.1) is 6.92 Å². The van der Waals surface area contributed by atoms with Gasteiger partial charge in [-0.3, -0.25) is 0 Å². The lowest BCUT2D eigenvalue weighted by atomic mass is 10.1. The maximum absolute atomic E-state index is 11.7. The number of hydrogen-bond donors (Lipinski definition) is 1. The zero-order valence-corrected chi connectivity index (χ0v) is 12.7. The van der Waals surface area contributed by atoms with E-state index in [2.05, 4.69) is 21.8 Å². The Morgan fingerprint density at radius 1 is 1.43 bits per heavy atom. The number of aromatic nitrogens is 2. The van der Waals surface area contributed by atoms with Crippen LogP contribution in [0.5, 0.6) is 0 Å². The third-order valence-corrected chi connectivity index (χ3v) is 3.46. The van der Waals surface area contributed by atoms with E-state index in [4.69, 9.17) is 4.74 Å². The molecule has 1 aromatic heterocycles. The molecule has 1 aromatic carbocycles. The number of methoxy groups -OCH3 is 1. The molecule has 0 aliphatic rings. The number of nitrogens with one attached hydrogen (secondary N) is 1. The van der Waals surface area contributed by atoms with Crippen molar-refractivity contribution in [2.45, 2.75) is 33.4 Å². The zero-order valence-electron chi connectivity index (χ0n) is 12.7. The summed E-state index contributed by atoms with van der Waals surface area (Å²) in [6.45, 7) is 5.68. The van der Waals surface area contributed by atoms with Crippen LogP contribution in [0.2, 0.25) is 0 Å². The van der Waals surface area contributed by atoms with Gasteiger partial charge in [0.15, 0.2) is 0 Å². The van der Waals surface area contributed by atoms with E-state index in [9.17, 15) is 4.79 Å². The van der Waals surface area contributed by atoms with Crippen LogP contribution < -0.4 is 5.32 Å². The predicted molar refractivity (Wildman–Crippen MR) is 82.4 cm³/mol. The molecule has 0 atom stereocenters. The lowest BCUT2D eigenvalue weighted by molar-refractivity contribution is 0.0600. The van der Waals surface area contributed by atoms with Gasteiger partial charge in [-0.2, -0.15) is 0 Å². The molecule has 0 fully saturated rings. The monoisotopic (exact) mass is 287 g/mol. The minimum atomic E-state index is -0.313. The van der Waals surface area contributed by atoms with E-state index in [0.29, 0.717) is 12.1 Å². The summed E-state index contributed by atoms with van der Waals surface area (Å²) in [4.78, 5) is 15.9. The maximum atomic E-state index is 11.7. The van der Waals surface area contributed by atoms with Crippen LogP contribution in [0.25, 0.3) is 0 Å². The van der Waals surface area contributed by atoms with Gasteiger partial charge in [0.05, 0.1) is 31.2 Å². The van der Waals surface area contributed by atoms with Crippen LogP contribution in [0.4, 0.5) is 5.69 Å². The van der Waals surface area contributed by atoms with Crippen molar-refractivity contribution in [1.29, 1.82) is 0 Å². The molecule has 0 spiro atoms. The fraction of sp³-hybridized carbons (Fsp3) is 0.375. The van der Waals surface area contributed by atoms with E-state index in [-0.39, 0.29) is 5.97 Å². The Labute approximate surface area is 125 Å². The first kappa shape index (κ1) is 15.1. The number of nitrogens with zero attached hydrogens (tertiary/aromatic N) is 2. The largest absolute Gasteiger partial charge is 0.465 e. The molecule has 1 heterocycles. The summed E-state index contributed by atoms with van der Waals surface area (Å²) >= 11 is 0. The molecule has 2 rings (SSSR count). The molecular formula is C16H21N3O2. The quantitative estimate of drug-likeness (QED) is 0.830. The topological polar surface area (TPSA) is 56.2 Å². The molecule has 0 aliphatic carbocycles. The first-order valence-corrected chi connectivity index (χ1v) is 7.08. The molecule has 5 heteroatoms. The number of esters is 1. The summed E-state index contributed by atoms with van der Waals surface area (Å²) in [5.41, 5.74) is 3.54. The highest BCUT2D eigenvalue weighted by Gasteiger charge is 2.11. The van der Waals surface area contributed by atoms with E-state index in [1.54, 1.807) is 6.07 Å². The second-order valence-electron chi connectivity index (χ2n) is 4.90. The minimum absolute atomic E-state index is 0.313. The molecule has 1 N–H and O–H groups in total. The van der Waals surface area contributed by atoms with Crippen molar-refractivity contribution in [3.8, 4) is 0 Å². The molecule has 5 nitrogen and oxygen atoms in total.